The van der Waals surface area contributed by atoms with Gasteiger partial charge < -0.3 is 5.73 Å². The van der Waals surface area contributed by atoms with E-state index in [4.69, 9.17) is 5.73 Å². The normalized spacial score (nSPS) is 13.9. The van der Waals surface area contributed by atoms with Crippen molar-refractivity contribution in [3.8, 4) is 0 Å². The molecule has 0 heterocycles. The highest BCUT2D eigenvalue weighted by atomic mass is 79.9. The number of benzene rings is 1. The van der Waals surface area contributed by atoms with Crippen molar-refractivity contribution in [3.63, 3.8) is 0 Å². The SMILES string of the molecule is NC(COC(F)(F)F)c1cccc(Br)c1. The molecule has 0 radical (unpaired) electrons. The van der Waals surface area contributed by atoms with Gasteiger partial charge in [0, 0.05) is 4.47 Å². The van der Waals surface area contributed by atoms with E-state index in [2.05, 4.69) is 20.7 Å². The quantitative estimate of drug-likeness (QED) is 0.926. The fourth-order valence-corrected chi connectivity index (χ4v) is 1.43. The molecular weight excluding hydrogens is 275 g/mol. The van der Waals surface area contributed by atoms with Crippen molar-refractivity contribution in [3.05, 3.63) is 34.3 Å². The van der Waals surface area contributed by atoms with Crippen molar-refractivity contribution < 1.29 is 17.9 Å². The van der Waals surface area contributed by atoms with Gasteiger partial charge in [-0.05, 0) is 17.7 Å². The summed E-state index contributed by atoms with van der Waals surface area (Å²) < 4.78 is 39.6. The Morgan fingerprint density at radius 2 is 2.07 bits per heavy atom. The molecule has 84 valence electrons. The van der Waals surface area contributed by atoms with E-state index in [9.17, 15) is 13.2 Å². The second kappa shape index (κ2) is 4.96. The Hall–Kier alpha value is -0.590. The molecule has 2 nitrogen and oxygen atoms in total. The van der Waals surface area contributed by atoms with Crippen LogP contribution in [0.1, 0.15) is 11.6 Å². The van der Waals surface area contributed by atoms with Crippen LogP contribution in [-0.2, 0) is 4.74 Å². The van der Waals surface area contributed by atoms with Crippen LogP contribution in [0.25, 0.3) is 0 Å². The Kier molecular flexibility index (Phi) is 4.12. The van der Waals surface area contributed by atoms with Gasteiger partial charge >= 0.3 is 6.36 Å². The van der Waals surface area contributed by atoms with Crippen molar-refractivity contribution >= 4 is 15.9 Å². The molecule has 0 aliphatic heterocycles. The number of nitrogens with two attached hydrogens (primary N) is 1. The lowest BCUT2D eigenvalue weighted by atomic mass is 10.1. The molecular formula is C9H9BrF3NO. The lowest BCUT2D eigenvalue weighted by molar-refractivity contribution is -0.326. The van der Waals surface area contributed by atoms with Crippen LogP contribution in [0.3, 0.4) is 0 Å². The summed E-state index contributed by atoms with van der Waals surface area (Å²) in [6, 6.07) is 5.98. The van der Waals surface area contributed by atoms with Crippen LogP contribution in [0.5, 0.6) is 0 Å². The molecule has 0 spiro atoms. The minimum atomic E-state index is -4.64. The first-order chi connectivity index (χ1) is 6.88. The summed E-state index contributed by atoms with van der Waals surface area (Å²) in [5.74, 6) is 0. The standard InChI is InChI=1S/C9H9BrF3NO/c10-7-3-1-2-6(4-7)8(14)5-15-9(11,12)13/h1-4,8H,5,14H2. The summed E-state index contributed by atoms with van der Waals surface area (Å²) in [4.78, 5) is 0. The Bertz CT molecular complexity index is 329. The van der Waals surface area contributed by atoms with Gasteiger partial charge in [-0.2, -0.15) is 0 Å². The number of halogens is 4. The Balaban J connectivity index is 2.58. The average molecular weight is 284 g/mol. The summed E-state index contributed by atoms with van der Waals surface area (Å²) in [7, 11) is 0. The first-order valence-corrected chi connectivity index (χ1v) is 4.89. The van der Waals surface area contributed by atoms with Crippen molar-refractivity contribution in [2.24, 2.45) is 5.73 Å². The number of ether oxygens (including phenoxy) is 1. The molecule has 0 amide bonds. The lowest BCUT2D eigenvalue weighted by Crippen LogP contribution is -2.23. The largest absolute Gasteiger partial charge is 0.522 e. The first-order valence-electron chi connectivity index (χ1n) is 4.10. The third kappa shape index (κ3) is 4.63. The van der Waals surface area contributed by atoms with Crippen molar-refractivity contribution in [1.82, 2.24) is 0 Å². The van der Waals surface area contributed by atoms with Crippen LogP contribution in [0.4, 0.5) is 13.2 Å². The van der Waals surface area contributed by atoms with Gasteiger partial charge in [0.1, 0.15) is 0 Å². The van der Waals surface area contributed by atoms with Crippen LogP contribution < -0.4 is 5.73 Å². The van der Waals surface area contributed by atoms with Crippen LogP contribution >= 0.6 is 15.9 Å². The van der Waals surface area contributed by atoms with Gasteiger partial charge in [0.15, 0.2) is 0 Å². The molecule has 1 aromatic carbocycles. The molecule has 0 bridgehead atoms. The highest BCUT2D eigenvalue weighted by Crippen LogP contribution is 2.21. The van der Waals surface area contributed by atoms with Gasteiger partial charge in [-0.15, -0.1) is 13.2 Å². The summed E-state index contributed by atoms with van der Waals surface area (Å²) in [5, 5.41) is 0. The van der Waals surface area contributed by atoms with E-state index in [0.29, 0.717) is 5.56 Å². The maximum Gasteiger partial charge on any atom is 0.522 e. The van der Waals surface area contributed by atoms with Crippen LogP contribution in [0.2, 0.25) is 0 Å². The van der Waals surface area contributed by atoms with Crippen LogP contribution in [0.15, 0.2) is 28.7 Å². The predicted octanol–water partition coefficient (Wildman–Crippen LogP) is 2.99. The van der Waals surface area contributed by atoms with Gasteiger partial charge in [-0.1, -0.05) is 28.1 Å². The fourth-order valence-electron chi connectivity index (χ4n) is 1.02. The van der Waals surface area contributed by atoms with Gasteiger partial charge in [0.2, 0.25) is 0 Å². The summed E-state index contributed by atoms with van der Waals surface area (Å²) >= 11 is 3.20. The minimum absolute atomic E-state index is 0.583. The molecule has 0 aromatic heterocycles. The third-order valence-corrected chi connectivity index (χ3v) is 2.20. The lowest BCUT2D eigenvalue weighted by Gasteiger charge is -2.14. The van der Waals surface area contributed by atoms with Crippen LogP contribution in [0, 0.1) is 0 Å². The highest BCUT2D eigenvalue weighted by molar-refractivity contribution is 9.10. The van der Waals surface area contributed by atoms with Crippen LogP contribution in [-0.4, -0.2) is 13.0 Å². The summed E-state index contributed by atoms with van der Waals surface area (Å²) in [6.07, 6.45) is -4.64. The van der Waals surface area contributed by atoms with E-state index in [1.807, 2.05) is 0 Å². The monoisotopic (exact) mass is 283 g/mol. The second-order valence-electron chi connectivity index (χ2n) is 2.92. The molecule has 6 heteroatoms. The van der Waals surface area contributed by atoms with Crippen molar-refractivity contribution in [2.75, 3.05) is 6.61 Å². The molecule has 0 fully saturated rings. The van der Waals surface area contributed by atoms with E-state index in [0.717, 1.165) is 4.47 Å². The summed E-state index contributed by atoms with van der Waals surface area (Å²) in [5.41, 5.74) is 6.12. The fraction of sp³-hybridized carbons (Fsp3) is 0.333. The first kappa shape index (κ1) is 12.5. The molecule has 1 atom stereocenters. The van der Waals surface area contributed by atoms with E-state index in [-0.39, 0.29) is 0 Å². The van der Waals surface area contributed by atoms with Gasteiger partial charge in [-0.25, -0.2) is 0 Å². The maximum absolute atomic E-state index is 11.7. The van der Waals surface area contributed by atoms with E-state index >= 15 is 0 Å². The zero-order valence-electron chi connectivity index (χ0n) is 7.59. The maximum atomic E-state index is 11.7. The molecule has 0 saturated heterocycles. The minimum Gasteiger partial charge on any atom is -0.322 e. The van der Waals surface area contributed by atoms with Crippen molar-refractivity contribution in [1.29, 1.82) is 0 Å². The smallest absolute Gasteiger partial charge is 0.322 e. The van der Waals surface area contributed by atoms with E-state index < -0.39 is 19.0 Å². The van der Waals surface area contributed by atoms with Gasteiger partial charge in [0.25, 0.3) is 0 Å². The third-order valence-electron chi connectivity index (χ3n) is 1.70. The zero-order valence-corrected chi connectivity index (χ0v) is 9.18. The summed E-state index contributed by atoms with van der Waals surface area (Å²) in [6.45, 7) is -0.583. The molecule has 1 unspecified atom stereocenters. The molecule has 0 aliphatic carbocycles. The number of hydrogen-bond donors (Lipinski definition) is 1. The highest BCUT2D eigenvalue weighted by Gasteiger charge is 2.29. The molecule has 2 N–H and O–H groups in total. The predicted molar refractivity (Wildman–Crippen MR) is 53.1 cm³/mol. The average Bonchev–Trinajstić information content (AvgIpc) is 2.13. The molecule has 0 saturated carbocycles. The number of hydrogen-bond acceptors (Lipinski definition) is 2. The topological polar surface area (TPSA) is 35.2 Å². The molecule has 15 heavy (non-hydrogen) atoms. The number of rotatable bonds is 3. The van der Waals surface area contributed by atoms with E-state index in [1.165, 1.54) is 0 Å². The zero-order chi connectivity index (χ0) is 11.5. The number of alkyl halides is 3. The van der Waals surface area contributed by atoms with Gasteiger partial charge in [-0.3, -0.25) is 4.74 Å². The Morgan fingerprint density at radius 3 is 2.60 bits per heavy atom. The molecule has 1 aromatic rings. The molecule has 1 rings (SSSR count). The molecule has 0 aliphatic rings. The Morgan fingerprint density at radius 1 is 1.40 bits per heavy atom. The van der Waals surface area contributed by atoms with E-state index in [1.54, 1.807) is 24.3 Å². The van der Waals surface area contributed by atoms with Gasteiger partial charge in [0.05, 0.1) is 12.6 Å². The Labute approximate surface area is 93.3 Å². The van der Waals surface area contributed by atoms with Crippen molar-refractivity contribution in [2.45, 2.75) is 12.4 Å². The second-order valence-corrected chi connectivity index (χ2v) is 3.83.